The van der Waals surface area contributed by atoms with Crippen molar-refractivity contribution in [2.75, 3.05) is 5.32 Å². The summed E-state index contributed by atoms with van der Waals surface area (Å²) in [5, 5.41) is 2.49. The maximum atomic E-state index is 13.3. The van der Waals surface area contributed by atoms with Crippen LogP contribution in [0.15, 0.2) is 52.0 Å². The Balaban J connectivity index is 1.84. The second kappa shape index (κ2) is 7.10. The summed E-state index contributed by atoms with van der Waals surface area (Å²) in [6.07, 6.45) is -3.72. The van der Waals surface area contributed by atoms with E-state index < -0.39 is 35.6 Å². The lowest BCUT2D eigenvalue weighted by Gasteiger charge is -2.11. The molecule has 1 aromatic heterocycles. The number of halogens is 5. The highest BCUT2D eigenvalue weighted by molar-refractivity contribution is 9.10. The number of hydrogen-bond acceptors (Lipinski definition) is 3. The fourth-order valence-corrected chi connectivity index (χ4v) is 2.78. The number of carbonyl (C=O) groups is 1. The Kier molecular flexibility index (Phi) is 5.01. The molecule has 0 saturated heterocycles. The SMILES string of the molecule is O=C(Cn1cnc2ccc(Br)cc2c1=O)Nc1ccc(F)c(C(F)(F)F)c1. The minimum atomic E-state index is -4.89. The first-order valence-corrected chi connectivity index (χ1v) is 8.26. The number of aromatic nitrogens is 2. The highest BCUT2D eigenvalue weighted by Crippen LogP contribution is 2.33. The first kappa shape index (κ1) is 19.0. The summed E-state index contributed by atoms with van der Waals surface area (Å²) in [4.78, 5) is 28.6. The van der Waals surface area contributed by atoms with Crippen LogP contribution in [0.2, 0.25) is 0 Å². The van der Waals surface area contributed by atoms with Crippen molar-refractivity contribution < 1.29 is 22.4 Å². The summed E-state index contributed by atoms with van der Waals surface area (Å²) in [5.41, 5.74) is -1.77. The van der Waals surface area contributed by atoms with Crippen molar-refractivity contribution in [1.29, 1.82) is 0 Å². The zero-order valence-electron chi connectivity index (χ0n) is 13.3. The molecule has 5 nitrogen and oxygen atoms in total. The Morgan fingerprint density at radius 3 is 2.63 bits per heavy atom. The maximum absolute atomic E-state index is 13.3. The Morgan fingerprint density at radius 2 is 1.93 bits per heavy atom. The van der Waals surface area contributed by atoms with Crippen molar-refractivity contribution in [3.63, 3.8) is 0 Å². The third-order valence-electron chi connectivity index (χ3n) is 3.66. The second-order valence-corrected chi connectivity index (χ2v) is 6.50. The van der Waals surface area contributed by atoms with E-state index >= 15 is 0 Å². The van der Waals surface area contributed by atoms with Gasteiger partial charge in [0, 0.05) is 10.2 Å². The van der Waals surface area contributed by atoms with Crippen LogP contribution < -0.4 is 10.9 Å². The van der Waals surface area contributed by atoms with Gasteiger partial charge < -0.3 is 5.32 Å². The lowest BCUT2D eigenvalue weighted by molar-refractivity contribution is -0.140. The van der Waals surface area contributed by atoms with E-state index in [4.69, 9.17) is 0 Å². The topological polar surface area (TPSA) is 64.0 Å². The lowest BCUT2D eigenvalue weighted by atomic mass is 10.2. The number of benzene rings is 2. The molecule has 10 heteroatoms. The van der Waals surface area contributed by atoms with Crippen LogP contribution in [0.25, 0.3) is 10.9 Å². The first-order valence-electron chi connectivity index (χ1n) is 7.46. The molecule has 1 heterocycles. The summed E-state index contributed by atoms with van der Waals surface area (Å²) in [6, 6.07) is 6.99. The predicted octanol–water partition coefficient (Wildman–Crippen LogP) is 3.96. The summed E-state index contributed by atoms with van der Waals surface area (Å²) in [5.74, 6) is -2.20. The first-order chi connectivity index (χ1) is 12.6. The molecule has 27 heavy (non-hydrogen) atoms. The molecule has 0 aliphatic heterocycles. The van der Waals surface area contributed by atoms with Crippen LogP contribution in [-0.2, 0) is 17.5 Å². The van der Waals surface area contributed by atoms with Gasteiger partial charge in [-0.25, -0.2) is 9.37 Å². The number of nitrogens with one attached hydrogen (secondary N) is 1. The van der Waals surface area contributed by atoms with E-state index in [2.05, 4.69) is 26.2 Å². The molecule has 0 radical (unpaired) electrons. The Hall–Kier alpha value is -2.75. The fraction of sp³-hybridized carbons (Fsp3) is 0.118. The molecule has 3 rings (SSSR count). The summed E-state index contributed by atoms with van der Waals surface area (Å²) in [7, 11) is 0. The number of fused-ring (bicyclic) bond motifs is 1. The fourth-order valence-electron chi connectivity index (χ4n) is 2.42. The third-order valence-corrected chi connectivity index (χ3v) is 4.15. The quantitative estimate of drug-likeness (QED) is 0.623. The van der Waals surface area contributed by atoms with Crippen molar-refractivity contribution in [2.45, 2.75) is 12.7 Å². The second-order valence-electron chi connectivity index (χ2n) is 5.58. The van der Waals surface area contributed by atoms with E-state index in [9.17, 15) is 27.2 Å². The standard InChI is InChI=1S/C17H10BrF4N3O2/c18-9-1-4-14-11(5-9)16(27)25(8-23-14)7-15(26)24-10-2-3-13(19)12(6-10)17(20,21)22/h1-6,8H,7H2,(H,24,26). The number of anilines is 1. The lowest BCUT2D eigenvalue weighted by Crippen LogP contribution is -2.28. The van der Waals surface area contributed by atoms with E-state index in [0.717, 1.165) is 10.6 Å². The Morgan fingerprint density at radius 1 is 1.19 bits per heavy atom. The van der Waals surface area contributed by atoms with Crippen molar-refractivity contribution in [1.82, 2.24) is 9.55 Å². The van der Waals surface area contributed by atoms with E-state index in [1.54, 1.807) is 18.2 Å². The molecule has 0 saturated carbocycles. The largest absolute Gasteiger partial charge is 0.419 e. The Labute approximate surface area is 157 Å². The van der Waals surface area contributed by atoms with Gasteiger partial charge in [-0.15, -0.1) is 0 Å². The van der Waals surface area contributed by atoms with Gasteiger partial charge >= 0.3 is 6.18 Å². The van der Waals surface area contributed by atoms with Crippen LogP contribution >= 0.6 is 15.9 Å². The average molecular weight is 444 g/mol. The zero-order valence-corrected chi connectivity index (χ0v) is 14.9. The summed E-state index contributed by atoms with van der Waals surface area (Å²) < 4.78 is 53.2. The van der Waals surface area contributed by atoms with E-state index in [1.165, 1.54) is 6.33 Å². The molecule has 0 spiro atoms. The monoisotopic (exact) mass is 443 g/mol. The number of rotatable bonds is 3. The highest BCUT2D eigenvalue weighted by atomic mass is 79.9. The molecule has 2 aromatic carbocycles. The normalized spacial score (nSPS) is 11.6. The van der Waals surface area contributed by atoms with Crippen molar-refractivity contribution in [2.24, 2.45) is 0 Å². The molecule has 1 N–H and O–H groups in total. The van der Waals surface area contributed by atoms with Gasteiger partial charge in [-0.3, -0.25) is 14.2 Å². The molecule has 1 amide bonds. The van der Waals surface area contributed by atoms with Gasteiger partial charge in [0.25, 0.3) is 5.56 Å². The molecule has 140 valence electrons. The van der Waals surface area contributed by atoms with Crippen LogP contribution in [0.5, 0.6) is 0 Å². The highest BCUT2D eigenvalue weighted by Gasteiger charge is 2.34. The van der Waals surface area contributed by atoms with E-state index in [0.29, 0.717) is 22.1 Å². The molecule has 3 aromatic rings. The van der Waals surface area contributed by atoms with Crippen molar-refractivity contribution in [3.05, 3.63) is 68.9 Å². The molecule has 0 aliphatic carbocycles. The number of hydrogen-bond donors (Lipinski definition) is 1. The van der Waals surface area contributed by atoms with Crippen LogP contribution in [0.1, 0.15) is 5.56 Å². The third kappa shape index (κ3) is 4.16. The van der Waals surface area contributed by atoms with Gasteiger partial charge in [0.2, 0.25) is 5.91 Å². The van der Waals surface area contributed by atoms with Gasteiger partial charge in [-0.1, -0.05) is 15.9 Å². The molecular weight excluding hydrogens is 434 g/mol. The van der Waals surface area contributed by atoms with Crippen LogP contribution in [-0.4, -0.2) is 15.5 Å². The van der Waals surface area contributed by atoms with Crippen LogP contribution in [0.4, 0.5) is 23.2 Å². The molecule has 0 aliphatic rings. The van der Waals surface area contributed by atoms with Gasteiger partial charge in [-0.2, -0.15) is 13.2 Å². The van der Waals surface area contributed by atoms with Crippen LogP contribution in [0.3, 0.4) is 0 Å². The number of amides is 1. The van der Waals surface area contributed by atoms with Crippen molar-refractivity contribution >= 4 is 38.4 Å². The van der Waals surface area contributed by atoms with Gasteiger partial charge in [0.1, 0.15) is 12.4 Å². The maximum Gasteiger partial charge on any atom is 0.419 e. The van der Waals surface area contributed by atoms with E-state index in [1.807, 2.05) is 0 Å². The van der Waals surface area contributed by atoms with E-state index in [-0.39, 0.29) is 11.1 Å². The van der Waals surface area contributed by atoms with Crippen molar-refractivity contribution in [3.8, 4) is 0 Å². The number of carbonyl (C=O) groups excluding carboxylic acids is 1. The molecule has 0 unspecified atom stereocenters. The smallest absolute Gasteiger partial charge is 0.325 e. The minimum Gasteiger partial charge on any atom is -0.325 e. The molecular formula is C17H10BrF4N3O2. The summed E-state index contributed by atoms with van der Waals surface area (Å²) >= 11 is 3.24. The number of alkyl halides is 3. The number of nitrogens with zero attached hydrogens (tertiary/aromatic N) is 2. The predicted molar refractivity (Wildman–Crippen MR) is 93.7 cm³/mol. The van der Waals surface area contributed by atoms with Gasteiger partial charge in [-0.05, 0) is 36.4 Å². The minimum absolute atomic E-state index is 0.238. The molecule has 0 fully saturated rings. The average Bonchev–Trinajstić information content (AvgIpc) is 2.58. The summed E-state index contributed by atoms with van der Waals surface area (Å²) in [6.45, 7) is -0.465. The Bertz CT molecular complexity index is 1100. The van der Waals surface area contributed by atoms with Gasteiger partial charge in [0.05, 0.1) is 22.8 Å². The molecule has 0 bridgehead atoms. The zero-order chi connectivity index (χ0) is 19.8. The van der Waals surface area contributed by atoms with Crippen LogP contribution in [0, 0.1) is 5.82 Å². The van der Waals surface area contributed by atoms with Gasteiger partial charge in [0.15, 0.2) is 0 Å². The molecule has 0 atom stereocenters.